The van der Waals surface area contributed by atoms with Crippen LogP contribution < -0.4 is 35.4 Å². The molecule has 9 nitrogen and oxygen atoms in total. The average Bonchev–Trinajstić information content (AvgIpc) is 3.14. The monoisotopic (exact) mass is 515 g/mol. The first-order chi connectivity index (χ1) is 16.7. The van der Waals surface area contributed by atoms with Gasteiger partial charge in [-0.25, -0.2) is 17.6 Å². The van der Waals surface area contributed by atoms with Gasteiger partial charge in [-0.05, 0) is 19.1 Å². The molecule has 2 rings (SSSR count). The van der Waals surface area contributed by atoms with Crippen LogP contribution in [0.3, 0.4) is 0 Å². The zero-order valence-electron chi connectivity index (χ0n) is 18.3. The Morgan fingerprint density at radius 3 is 2.51 bits per heavy atom. The van der Waals surface area contributed by atoms with Gasteiger partial charge in [-0.1, -0.05) is 6.07 Å². The van der Waals surface area contributed by atoms with Crippen molar-refractivity contribution in [3.05, 3.63) is 43.8 Å². The van der Waals surface area contributed by atoms with E-state index < -0.39 is 55.5 Å². The SMILES string of the molecule is CCn1c(=C(C#N)C(=O)NCC(F)F)sc(=CNc2cccc(OCC(=O)NCC(F)F)c2)c1=O. The molecule has 0 bridgehead atoms. The fraction of sp³-hybridized carbons (Fsp3) is 0.333. The van der Waals surface area contributed by atoms with Gasteiger partial charge in [0, 0.05) is 24.5 Å². The molecule has 2 aromatic rings. The van der Waals surface area contributed by atoms with Crippen molar-refractivity contribution in [2.45, 2.75) is 26.3 Å². The van der Waals surface area contributed by atoms with Crippen molar-refractivity contribution in [2.24, 2.45) is 0 Å². The number of anilines is 1. The minimum absolute atomic E-state index is 0.0201. The van der Waals surface area contributed by atoms with E-state index in [0.717, 1.165) is 11.3 Å². The summed E-state index contributed by atoms with van der Waals surface area (Å²) >= 11 is 0.830. The highest BCUT2D eigenvalue weighted by Gasteiger charge is 2.16. The lowest BCUT2D eigenvalue weighted by Gasteiger charge is -2.08. The van der Waals surface area contributed by atoms with Gasteiger partial charge in [0.1, 0.15) is 21.0 Å². The second kappa shape index (κ2) is 13.1. The summed E-state index contributed by atoms with van der Waals surface area (Å²) in [7, 11) is 0. The van der Waals surface area contributed by atoms with Gasteiger partial charge in [-0.3, -0.25) is 19.0 Å². The van der Waals surface area contributed by atoms with E-state index in [9.17, 15) is 37.2 Å². The maximum atomic E-state index is 12.7. The number of hydrogen-bond donors (Lipinski definition) is 3. The molecule has 0 saturated carbocycles. The minimum atomic E-state index is -2.80. The zero-order chi connectivity index (χ0) is 26.0. The number of hydrogen-bond acceptors (Lipinski definition) is 7. The molecule has 0 aliphatic rings. The molecule has 3 N–H and O–H groups in total. The number of nitrogens with zero attached hydrogens (tertiary/aromatic N) is 2. The van der Waals surface area contributed by atoms with Gasteiger partial charge in [0.15, 0.2) is 12.2 Å². The molecule has 0 fully saturated rings. The third-order valence-electron chi connectivity index (χ3n) is 4.22. The molecule has 1 aromatic heterocycles. The van der Waals surface area contributed by atoms with Crippen LogP contribution in [-0.4, -0.2) is 48.9 Å². The molecule has 0 aliphatic heterocycles. The van der Waals surface area contributed by atoms with Gasteiger partial charge in [0.2, 0.25) is 0 Å². The summed E-state index contributed by atoms with van der Waals surface area (Å²) in [6, 6.07) is 7.90. The van der Waals surface area contributed by atoms with Gasteiger partial charge in [0.05, 0.1) is 13.1 Å². The zero-order valence-corrected chi connectivity index (χ0v) is 19.1. The molecular formula is C21H21F4N5O4S. The number of thiazole rings is 1. The Kier molecular flexibility index (Phi) is 10.3. The Morgan fingerprint density at radius 1 is 1.20 bits per heavy atom. The van der Waals surface area contributed by atoms with Crippen molar-refractivity contribution < 1.29 is 31.9 Å². The van der Waals surface area contributed by atoms with Crippen LogP contribution in [0.4, 0.5) is 23.2 Å². The van der Waals surface area contributed by atoms with Crippen molar-refractivity contribution in [1.82, 2.24) is 15.2 Å². The summed E-state index contributed by atoms with van der Waals surface area (Å²) in [5.41, 5.74) is -0.515. The van der Waals surface area contributed by atoms with E-state index in [-0.39, 0.29) is 21.5 Å². The molecule has 1 aromatic carbocycles. The molecule has 0 radical (unpaired) electrons. The van der Waals surface area contributed by atoms with Gasteiger partial charge in [-0.15, -0.1) is 11.3 Å². The molecule has 188 valence electrons. The molecule has 0 unspecified atom stereocenters. The van der Waals surface area contributed by atoms with Crippen LogP contribution in [0.2, 0.25) is 0 Å². The lowest BCUT2D eigenvalue weighted by atomic mass is 10.3. The van der Waals surface area contributed by atoms with Crippen LogP contribution in [0.1, 0.15) is 6.92 Å². The van der Waals surface area contributed by atoms with Gasteiger partial charge < -0.3 is 20.7 Å². The van der Waals surface area contributed by atoms with Crippen LogP contribution in [0.25, 0.3) is 11.8 Å². The highest BCUT2D eigenvalue weighted by atomic mass is 32.1. The number of ether oxygens (including phenoxy) is 1. The van der Waals surface area contributed by atoms with Gasteiger partial charge in [-0.2, -0.15) is 5.26 Å². The number of alkyl halides is 4. The third kappa shape index (κ3) is 8.14. The number of aromatic nitrogens is 1. The number of amides is 2. The third-order valence-corrected chi connectivity index (χ3v) is 5.35. The smallest absolute Gasteiger partial charge is 0.270 e. The summed E-state index contributed by atoms with van der Waals surface area (Å²) in [4.78, 5) is 36.4. The number of nitrogens with one attached hydrogen (secondary N) is 3. The molecule has 14 heteroatoms. The molecule has 35 heavy (non-hydrogen) atoms. The van der Waals surface area contributed by atoms with E-state index in [4.69, 9.17) is 4.74 Å². The second-order valence-corrected chi connectivity index (χ2v) is 7.74. The fourth-order valence-electron chi connectivity index (χ4n) is 2.66. The average molecular weight is 515 g/mol. The first-order valence-electron chi connectivity index (χ1n) is 10.1. The molecule has 0 atom stereocenters. The largest absolute Gasteiger partial charge is 0.484 e. The first kappa shape index (κ1) is 27.4. The topological polar surface area (TPSA) is 125 Å². The predicted molar refractivity (Wildman–Crippen MR) is 121 cm³/mol. The lowest BCUT2D eigenvalue weighted by molar-refractivity contribution is -0.123. The highest BCUT2D eigenvalue weighted by Crippen LogP contribution is 2.17. The maximum absolute atomic E-state index is 12.7. The highest BCUT2D eigenvalue weighted by molar-refractivity contribution is 7.07. The van der Waals surface area contributed by atoms with Crippen LogP contribution in [-0.2, 0) is 16.1 Å². The first-order valence-corrected chi connectivity index (χ1v) is 10.9. The minimum Gasteiger partial charge on any atom is -0.484 e. The summed E-state index contributed by atoms with van der Waals surface area (Å²) < 4.78 is 55.6. The fourth-order valence-corrected chi connectivity index (χ4v) is 3.75. The van der Waals surface area contributed by atoms with Crippen LogP contribution >= 0.6 is 11.3 Å². The molecule has 0 saturated heterocycles. The summed E-state index contributed by atoms with van der Waals surface area (Å²) in [6.45, 7) is -0.439. The number of nitriles is 1. The number of rotatable bonds is 11. The molecule has 0 spiro atoms. The van der Waals surface area contributed by atoms with Crippen molar-refractivity contribution in [3.63, 3.8) is 0 Å². The molecular weight excluding hydrogens is 494 g/mol. The normalized spacial score (nSPS) is 12.3. The Labute approximate surface area is 200 Å². The number of carbonyl (C=O) groups is 2. The van der Waals surface area contributed by atoms with E-state index >= 15 is 0 Å². The summed E-state index contributed by atoms with van der Waals surface area (Å²) in [5.74, 6) is -1.48. The van der Waals surface area contributed by atoms with E-state index in [0.29, 0.717) is 5.69 Å². The Morgan fingerprint density at radius 2 is 1.89 bits per heavy atom. The van der Waals surface area contributed by atoms with E-state index in [2.05, 4.69) is 5.32 Å². The lowest BCUT2D eigenvalue weighted by Crippen LogP contribution is -2.35. The Hall–Kier alpha value is -3.86. The number of benzene rings is 1. The van der Waals surface area contributed by atoms with Gasteiger partial charge >= 0.3 is 0 Å². The summed E-state index contributed by atoms with van der Waals surface area (Å²) in [6.07, 6.45) is -4.13. The molecule has 1 heterocycles. The maximum Gasteiger partial charge on any atom is 0.270 e. The van der Waals surface area contributed by atoms with E-state index in [1.165, 1.54) is 22.9 Å². The van der Waals surface area contributed by atoms with Crippen molar-refractivity contribution >= 4 is 40.6 Å². The van der Waals surface area contributed by atoms with Crippen LogP contribution in [0.5, 0.6) is 5.75 Å². The van der Waals surface area contributed by atoms with Crippen molar-refractivity contribution in [2.75, 3.05) is 25.0 Å². The quantitative estimate of drug-likeness (QED) is 0.377. The number of carbonyl (C=O) groups excluding carboxylic acids is 2. The van der Waals surface area contributed by atoms with Crippen molar-refractivity contribution in [3.8, 4) is 11.8 Å². The second-order valence-electron chi connectivity index (χ2n) is 6.71. The van der Waals surface area contributed by atoms with Crippen LogP contribution in [0, 0.1) is 11.3 Å². The predicted octanol–water partition coefficient (Wildman–Crippen LogP) is 0.595. The number of halogens is 4. The van der Waals surface area contributed by atoms with E-state index in [1.807, 2.05) is 10.6 Å². The molecule has 2 amide bonds. The van der Waals surface area contributed by atoms with Crippen molar-refractivity contribution in [1.29, 1.82) is 5.26 Å². The standard InChI is InChI=1S/C21H21F4N5O4S/c1-2-30-20(33)15(35-21(30)14(7-26)19(32)29-10-17(24)25)8-27-12-4-3-5-13(6-12)34-11-18(31)28-9-16(22)23/h3-6,8,16-17,27H,2,9-11H2,1H3,(H,28,31)(H,29,32). The van der Waals surface area contributed by atoms with Gasteiger partial charge in [0.25, 0.3) is 30.2 Å². The van der Waals surface area contributed by atoms with E-state index in [1.54, 1.807) is 25.1 Å². The molecule has 0 aliphatic carbocycles. The van der Waals surface area contributed by atoms with Crippen LogP contribution in [0.15, 0.2) is 29.1 Å². The summed E-state index contributed by atoms with van der Waals surface area (Å²) in [5, 5.41) is 16.2. The Balaban J connectivity index is 2.25. The Bertz CT molecular complexity index is 1270.